The number of benzene rings is 11. The Morgan fingerprint density at radius 2 is 0.361 bits per heavy atom. The summed E-state index contributed by atoms with van der Waals surface area (Å²) in [6.07, 6.45) is 8.19. The Morgan fingerprint density at radius 3 is 0.549 bits per heavy atom. The van der Waals surface area contributed by atoms with Crippen LogP contribution in [0.3, 0.4) is 0 Å². The van der Waals surface area contributed by atoms with Gasteiger partial charge in [-0.05, 0) is 162 Å². The Hall–Kier alpha value is -15.6. The number of aromatic nitrogens is 8. The van der Waals surface area contributed by atoms with E-state index in [4.69, 9.17) is 39.9 Å². The molecule has 16 heteroatoms. The molecule has 0 fully saturated rings. The number of anilines is 2. The van der Waals surface area contributed by atoms with Gasteiger partial charge in [0.1, 0.15) is 0 Å². The molecule has 122 heavy (non-hydrogen) atoms. The molecular formula is C106H60N10Ni2O4. The van der Waals surface area contributed by atoms with Crippen molar-refractivity contribution in [3.63, 3.8) is 0 Å². The van der Waals surface area contributed by atoms with Gasteiger partial charge in [0.05, 0.1) is 79.2 Å². The minimum Gasteiger partial charge on any atom is -0.657 e. The molecule has 17 aromatic rings. The van der Waals surface area contributed by atoms with Crippen LogP contribution < -0.4 is 29.7 Å². The molecule has 6 aliphatic rings. The topological polar surface area (TPSA) is 183 Å². The molecule has 6 aromatic heterocycles. The zero-order valence-corrected chi connectivity index (χ0v) is 66.4. The zero-order chi connectivity index (χ0) is 79.8. The number of carbonyl (C=O) groups is 4. The minimum absolute atomic E-state index is 0. The molecule has 14 nitrogen and oxygen atoms in total. The van der Waals surface area contributed by atoms with Gasteiger partial charge in [0.25, 0.3) is 23.6 Å². The first kappa shape index (κ1) is 74.0. The normalized spacial score (nSPS) is 12.8. The minimum atomic E-state index is -0.571. The molecule has 0 saturated carbocycles. The molecule has 0 unspecified atom stereocenters. The van der Waals surface area contributed by atoms with E-state index in [1.54, 1.807) is 48.5 Å². The van der Waals surface area contributed by atoms with Gasteiger partial charge >= 0.3 is 33.0 Å². The summed E-state index contributed by atoms with van der Waals surface area (Å²) in [5, 5.41) is 0. The molecule has 578 valence electrons. The Morgan fingerprint density at radius 1 is 0.189 bits per heavy atom. The summed E-state index contributed by atoms with van der Waals surface area (Å²) in [6, 6.07) is 110. The van der Waals surface area contributed by atoms with Gasteiger partial charge < -0.3 is 19.9 Å². The Labute approximate surface area is 718 Å². The number of rotatable bonds is 10. The average Bonchev–Trinajstić information content (AvgIpc) is 1.57. The zero-order valence-electron chi connectivity index (χ0n) is 64.4. The van der Waals surface area contributed by atoms with Crippen LogP contribution in [-0.2, 0) is 33.0 Å². The molecule has 4 amide bonds. The van der Waals surface area contributed by atoms with Crippen molar-refractivity contribution in [3.8, 4) is 134 Å². The van der Waals surface area contributed by atoms with Crippen molar-refractivity contribution in [3.05, 3.63) is 385 Å². The largest absolute Gasteiger partial charge is 2.00 e. The number of fused-ring (bicyclic) bond motifs is 24. The van der Waals surface area contributed by atoms with Crippen LogP contribution >= 0.6 is 0 Å². The summed E-state index contributed by atoms with van der Waals surface area (Å²) >= 11 is 0. The SMILES string of the molecule is O=C1c2cc3c(cc2C(=O)N1c1ccc(N2C(=O)c4cc5c(cc4C2=O)-c2nc-5c(-c4ccccc4)c4ccc([n-]4)c(-c4ccccc4)c4nc(c(-c5ccccc5)c5ccc([n-]5)c2-c2ccccc2)C=C4)cc1)-c1nc-3c(-c2ccccc2)c2ccc([n-]2)c(-c2ccccc2)c2nc(c(-c3ccccc3)c3ccc([n-]3)c1-c1ccccc1)C=C2.[Ni+2].[Ni+2]. The number of amides is 4. The molecule has 0 N–H and O–H groups in total. The van der Waals surface area contributed by atoms with Crippen molar-refractivity contribution in [2.24, 2.45) is 0 Å². The van der Waals surface area contributed by atoms with Crippen molar-refractivity contribution >= 4 is 103 Å². The third-order valence-corrected chi connectivity index (χ3v) is 23.2. The van der Waals surface area contributed by atoms with E-state index < -0.39 is 23.6 Å². The first-order chi connectivity index (χ1) is 59.2. The molecule has 11 aromatic carbocycles. The van der Waals surface area contributed by atoms with Crippen molar-refractivity contribution in [1.82, 2.24) is 39.9 Å². The second-order valence-corrected chi connectivity index (χ2v) is 30.1. The van der Waals surface area contributed by atoms with Gasteiger partial charge in [-0.1, -0.05) is 291 Å². The third-order valence-electron chi connectivity index (χ3n) is 23.2. The van der Waals surface area contributed by atoms with E-state index in [1.807, 2.05) is 267 Å². The maximum Gasteiger partial charge on any atom is 2.00 e. The molecular weight excluding hydrogens is 1590 g/mol. The van der Waals surface area contributed by atoms with E-state index in [0.717, 1.165) is 99.3 Å². The van der Waals surface area contributed by atoms with Crippen LogP contribution in [-0.4, -0.2) is 43.6 Å². The summed E-state index contributed by atoms with van der Waals surface area (Å²) in [7, 11) is 0. The number of hydrogen-bond donors (Lipinski definition) is 0. The van der Waals surface area contributed by atoms with Crippen LogP contribution in [0.1, 0.15) is 64.2 Å². The fourth-order valence-corrected chi connectivity index (χ4v) is 17.8. The van der Waals surface area contributed by atoms with Crippen LogP contribution in [0.2, 0.25) is 0 Å². The fraction of sp³-hybridized carbons (Fsp3) is 0. The first-order valence-electron chi connectivity index (χ1n) is 39.6. The predicted molar refractivity (Wildman–Crippen MR) is 477 cm³/mol. The molecule has 6 aliphatic heterocycles. The monoisotopic (exact) mass is 1650 g/mol. The molecule has 0 aliphatic carbocycles. The quantitative estimate of drug-likeness (QED) is 0.0934. The van der Waals surface area contributed by atoms with E-state index in [-0.39, 0.29) is 66.6 Å². The average molecular weight is 1660 g/mol. The van der Waals surface area contributed by atoms with E-state index >= 15 is 19.2 Å². The molecule has 0 saturated heterocycles. The summed E-state index contributed by atoms with van der Waals surface area (Å²) in [5.74, 6) is -2.28. The molecule has 12 heterocycles. The molecule has 16 bridgehead atoms. The summed E-state index contributed by atoms with van der Waals surface area (Å²) in [5.41, 5.74) is 27.0. The Kier molecular flexibility index (Phi) is 18.1. The van der Waals surface area contributed by atoms with Gasteiger partial charge in [-0.2, -0.15) is 0 Å². The van der Waals surface area contributed by atoms with Crippen LogP contribution in [0.15, 0.2) is 340 Å². The van der Waals surface area contributed by atoms with Gasteiger partial charge in [0, 0.05) is 22.3 Å². The van der Waals surface area contributed by atoms with Gasteiger partial charge in [-0.3, -0.25) is 19.2 Å². The van der Waals surface area contributed by atoms with Gasteiger partial charge in [0.15, 0.2) is 0 Å². The number of hydrogen-bond acceptors (Lipinski definition) is 8. The smallest absolute Gasteiger partial charge is 0.657 e. The number of imide groups is 2. The van der Waals surface area contributed by atoms with Gasteiger partial charge in [-0.15, -0.1) is 44.1 Å². The second kappa shape index (κ2) is 29.8. The van der Waals surface area contributed by atoms with Crippen molar-refractivity contribution in [1.29, 1.82) is 0 Å². The summed E-state index contributed by atoms with van der Waals surface area (Å²) in [6.45, 7) is 0. The molecule has 0 atom stereocenters. The second-order valence-electron chi connectivity index (χ2n) is 30.1. The number of carbonyl (C=O) groups excluding carboxylic acids is 4. The Balaban J connectivity index is 0.00000458. The first-order valence-corrected chi connectivity index (χ1v) is 39.6. The summed E-state index contributed by atoms with van der Waals surface area (Å²) < 4.78 is 0. The Bertz CT molecular complexity index is 6820. The van der Waals surface area contributed by atoms with E-state index in [2.05, 4.69) is 48.5 Å². The van der Waals surface area contributed by atoms with Crippen molar-refractivity contribution in [2.75, 3.05) is 9.80 Å². The predicted octanol–water partition coefficient (Wildman–Crippen LogP) is 23.4. The van der Waals surface area contributed by atoms with Crippen LogP contribution in [0.4, 0.5) is 11.4 Å². The van der Waals surface area contributed by atoms with Crippen LogP contribution in [0.5, 0.6) is 0 Å². The maximum absolute atomic E-state index is 15.7. The standard InChI is InChI=1S/C106H64N10O4.2Ni/c117-103-75-57-71-72(100-96(66-35-19-6-20-36-66)88-54-50-84(110-88)92(62-27-11-2-12-28-62)80-46-45-79(107-80)91(61-25-9-1-10-26-61)83-49-53-87(109-83)95(99(71)113-100)65-33-17-5-18-34-65)58-76(75)104(118)115(103)69-41-43-70(44-42-69)116-105(119)77-59-73-74(60-78(77)106(116)120)102-98(68-39-23-8-24-40-68)90-56-52-86(112-90)94(64-31-15-4-16-32-64)82-48-47-81(108-82)93(63-29-13-3-14-30-63)85-51-55-89(111-85)97(101(73)114-102)67-37-21-7-22-38-67;;/h1-60H,(H4,107,108,109,110,111,112,113,114,117,118,119,120);;/q;2*+2/p-4. The van der Waals surface area contributed by atoms with Crippen molar-refractivity contribution in [2.45, 2.75) is 0 Å². The van der Waals surface area contributed by atoms with Crippen molar-refractivity contribution < 1.29 is 52.2 Å². The van der Waals surface area contributed by atoms with Crippen LogP contribution in [0.25, 0.3) is 202 Å². The van der Waals surface area contributed by atoms with Gasteiger partial charge in [0.2, 0.25) is 0 Å². The van der Waals surface area contributed by atoms with Crippen LogP contribution in [0, 0.1) is 0 Å². The molecule has 0 radical (unpaired) electrons. The third kappa shape index (κ3) is 12.0. The molecule has 23 rings (SSSR count). The van der Waals surface area contributed by atoms with E-state index in [0.29, 0.717) is 111 Å². The number of nitrogens with zero attached hydrogens (tertiary/aromatic N) is 10. The molecule has 0 spiro atoms. The van der Waals surface area contributed by atoms with E-state index in [9.17, 15) is 0 Å². The summed E-state index contributed by atoms with van der Waals surface area (Å²) in [4.78, 5) is 109. The van der Waals surface area contributed by atoms with E-state index in [1.165, 1.54) is 0 Å². The van der Waals surface area contributed by atoms with Gasteiger partial charge in [-0.25, -0.2) is 29.7 Å². The fourth-order valence-electron chi connectivity index (χ4n) is 17.8. The maximum atomic E-state index is 15.7.